The number of rotatable bonds is 9. The number of alkyl halides is 3. The molecule has 0 radical (unpaired) electrons. The number of amides is 1. The topological polar surface area (TPSA) is 107 Å². The van der Waals surface area contributed by atoms with Crippen molar-refractivity contribution in [2.75, 3.05) is 11.9 Å². The van der Waals surface area contributed by atoms with Gasteiger partial charge in [-0.3, -0.25) is 19.9 Å². The van der Waals surface area contributed by atoms with Gasteiger partial charge in [0.1, 0.15) is 23.8 Å². The standard InChI is InChI=1S/C23H22F4N6O3/c1-13(10-30-28-2)18-5-6-19(36-18)22(34)31-17-11-33(14-8-15(9-14)35-12-23(25,26)27)32-21(17)20-16(24)4-3-7-29-20/h3-7,10-11,14-15,30H,2,8-9,12H2,1H3,(H,31,34)/b13-10+/t14-,15+. The molecule has 4 rings (SSSR count). The molecule has 190 valence electrons. The van der Waals surface area contributed by atoms with Crippen molar-refractivity contribution in [1.29, 1.82) is 0 Å². The number of pyridine rings is 1. The fraction of sp³-hybridized carbons (Fsp3) is 0.304. The molecule has 3 heterocycles. The average molecular weight is 506 g/mol. The van der Waals surface area contributed by atoms with E-state index in [1.165, 1.54) is 35.3 Å². The number of hydrogen-bond donors (Lipinski definition) is 2. The van der Waals surface area contributed by atoms with Crippen LogP contribution in [0, 0.1) is 5.82 Å². The Labute approximate surface area is 202 Å². The van der Waals surface area contributed by atoms with E-state index in [1.807, 2.05) is 0 Å². The third-order valence-corrected chi connectivity index (χ3v) is 5.48. The van der Waals surface area contributed by atoms with Gasteiger partial charge in [-0.05, 0) is 44.0 Å². The summed E-state index contributed by atoms with van der Waals surface area (Å²) in [6, 6.07) is 5.41. The summed E-state index contributed by atoms with van der Waals surface area (Å²) in [6.45, 7) is 3.72. The number of halogens is 4. The van der Waals surface area contributed by atoms with Crippen molar-refractivity contribution in [2.45, 2.75) is 38.1 Å². The number of hydrogen-bond acceptors (Lipinski definition) is 7. The van der Waals surface area contributed by atoms with Crippen LogP contribution in [-0.2, 0) is 4.74 Å². The minimum absolute atomic E-state index is 0.00577. The zero-order chi connectivity index (χ0) is 25.9. The first kappa shape index (κ1) is 25.1. The van der Waals surface area contributed by atoms with Crippen molar-refractivity contribution in [3.8, 4) is 11.4 Å². The lowest BCUT2D eigenvalue weighted by Crippen LogP contribution is -2.36. The molecular weight excluding hydrogens is 484 g/mol. The molecule has 1 saturated carbocycles. The molecule has 0 aliphatic heterocycles. The van der Waals surface area contributed by atoms with Gasteiger partial charge in [0.15, 0.2) is 11.6 Å². The number of carbonyl (C=O) groups excluding carboxylic acids is 1. The molecule has 3 aromatic heterocycles. The Morgan fingerprint density at radius 1 is 1.31 bits per heavy atom. The van der Waals surface area contributed by atoms with Gasteiger partial charge in [0.2, 0.25) is 0 Å². The van der Waals surface area contributed by atoms with Crippen LogP contribution in [0.1, 0.15) is 42.1 Å². The maximum absolute atomic E-state index is 14.5. The van der Waals surface area contributed by atoms with Crippen LogP contribution >= 0.6 is 0 Å². The Bertz CT molecular complexity index is 1280. The van der Waals surface area contributed by atoms with Crippen LogP contribution in [0.2, 0.25) is 0 Å². The van der Waals surface area contributed by atoms with Crippen LogP contribution in [0.25, 0.3) is 17.0 Å². The second-order valence-corrected chi connectivity index (χ2v) is 8.11. The zero-order valence-corrected chi connectivity index (χ0v) is 19.1. The molecule has 13 heteroatoms. The van der Waals surface area contributed by atoms with Crippen molar-refractivity contribution >= 4 is 23.9 Å². The van der Waals surface area contributed by atoms with Gasteiger partial charge in [-0.25, -0.2) is 4.39 Å². The highest BCUT2D eigenvalue weighted by atomic mass is 19.4. The zero-order valence-electron chi connectivity index (χ0n) is 19.1. The summed E-state index contributed by atoms with van der Waals surface area (Å²) in [5.74, 6) is -0.847. The Hall–Kier alpha value is -4.00. The van der Waals surface area contributed by atoms with E-state index in [0.717, 1.165) is 0 Å². The molecule has 1 aliphatic rings. The first-order valence-corrected chi connectivity index (χ1v) is 10.8. The van der Waals surface area contributed by atoms with E-state index in [2.05, 4.69) is 32.6 Å². The molecule has 0 atom stereocenters. The highest BCUT2D eigenvalue weighted by Crippen LogP contribution is 2.38. The van der Waals surface area contributed by atoms with Gasteiger partial charge in [-0.2, -0.15) is 23.4 Å². The van der Waals surface area contributed by atoms with Gasteiger partial charge in [0.25, 0.3) is 5.91 Å². The Kier molecular flexibility index (Phi) is 7.20. The lowest BCUT2D eigenvalue weighted by Gasteiger charge is -2.35. The maximum Gasteiger partial charge on any atom is 0.411 e. The third-order valence-electron chi connectivity index (χ3n) is 5.48. The first-order chi connectivity index (χ1) is 17.1. The number of nitrogens with one attached hydrogen (secondary N) is 2. The SMILES string of the molecule is C=NN/C=C(\C)c1ccc(C(=O)Nc2cn([C@H]3C[C@@H](OCC(F)(F)F)C3)nc2-c2ncccc2F)o1. The summed E-state index contributed by atoms with van der Waals surface area (Å²) >= 11 is 0. The van der Waals surface area contributed by atoms with E-state index in [1.54, 1.807) is 19.2 Å². The molecule has 1 aliphatic carbocycles. The van der Waals surface area contributed by atoms with Gasteiger partial charge in [0, 0.05) is 30.9 Å². The summed E-state index contributed by atoms with van der Waals surface area (Å²) in [7, 11) is 0. The van der Waals surface area contributed by atoms with Crippen LogP contribution in [-0.4, -0.2) is 46.3 Å². The number of anilines is 1. The maximum atomic E-state index is 14.5. The van der Waals surface area contributed by atoms with Gasteiger partial charge < -0.3 is 14.5 Å². The number of allylic oxidation sites excluding steroid dienone is 1. The number of carbonyl (C=O) groups is 1. The predicted molar refractivity (Wildman–Crippen MR) is 122 cm³/mol. The van der Waals surface area contributed by atoms with E-state index in [0.29, 0.717) is 11.3 Å². The Balaban J connectivity index is 1.54. The summed E-state index contributed by atoms with van der Waals surface area (Å²) < 4.78 is 63.6. The quantitative estimate of drug-likeness (QED) is 0.246. The van der Waals surface area contributed by atoms with Gasteiger partial charge in [0.05, 0.1) is 17.8 Å². The molecule has 2 N–H and O–H groups in total. The van der Waals surface area contributed by atoms with Gasteiger partial charge in [-0.1, -0.05) is 0 Å². The van der Waals surface area contributed by atoms with Crippen molar-refractivity contribution in [3.05, 3.63) is 60.2 Å². The lowest BCUT2D eigenvalue weighted by molar-refractivity contribution is -0.196. The first-order valence-electron chi connectivity index (χ1n) is 10.8. The van der Waals surface area contributed by atoms with Crippen molar-refractivity contribution < 1.29 is 31.5 Å². The van der Waals surface area contributed by atoms with Crippen LogP contribution in [0.15, 0.2) is 52.4 Å². The molecule has 1 fully saturated rings. The second kappa shape index (κ2) is 10.3. The highest BCUT2D eigenvalue weighted by molar-refractivity contribution is 6.04. The van der Waals surface area contributed by atoms with Crippen LogP contribution in [0.4, 0.5) is 23.2 Å². The fourth-order valence-corrected chi connectivity index (χ4v) is 3.58. The van der Waals surface area contributed by atoms with Crippen molar-refractivity contribution in [1.82, 2.24) is 20.2 Å². The normalized spacial score (nSPS) is 18.0. The van der Waals surface area contributed by atoms with E-state index in [-0.39, 0.29) is 41.7 Å². The molecule has 0 spiro atoms. The number of ether oxygens (including phenoxy) is 1. The lowest BCUT2D eigenvalue weighted by atomic mass is 9.89. The van der Waals surface area contributed by atoms with Gasteiger partial charge in [-0.15, -0.1) is 0 Å². The van der Waals surface area contributed by atoms with Crippen LogP contribution in [0.3, 0.4) is 0 Å². The predicted octanol–water partition coefficient (Wildman–Crippen LogP) is 4.78. The molecular formula is C23H22F4N6O3. The Morgan fingerprint density at radius 2 is 2.06 bits per heavy atom. The molecule has 0 aromatic carbocycles. The molecule has 0 unspecified atom stereocenters. The molecule has 0 saturated heterocycles. The molecule has 3 aromatic rings. The summed E-state index contributed by atoms with van der Waals surface area (Å²) in [5.41, 5.74) is 3.39. The van der Waals surface area contributed by atoms with E-state index in [4.69, 9.17) is 9.15 Å². The molecule has 0 bridgehead atoms. The summed E-state index contributed by atoms with van der Waals surface area (Å²) in [4.78, 5) is 16.9. The Morgan fingerprint density at radius 3 is 2.75 bits per heavy atom. The molecule has 9 nitrogen and oxygen atoms in total. The number of aromatic nitrogens is 3. The molecule has 36 heavy (non-hydrogen) atoms. The highest BCUT2D eigenvalue weighted by Gasteiger charge is 2.37. The number of nitrogens with zero attached hydrogens (tertiary/aromatic N) is 4. The van der Waals surface area contributed by atoms with Crippen molar-refractivity contribution in [3.63, 3.8) is 0 Å². The van der Waals surface area contributed by atoms with Crippen molar-refractivity contribution in [2.24, 2.45) is 5.10 Å². The molecule has 1 amide bonds. The number of furan rings is 1. The van der Waals surface area contributed by atoms with Gasteiger partial charge >= 0.3 is 6.18 Å². The van der Waals surface area contributed by atoms with E-state index >= 15 is 0 Å². The third kappa shape index (κ3) is 5.79. The van der Waals surface area contributed by atoms with Crippen LogP contribution in [0.5, 0.6) is 0 Å². The van der Waals surface area contributed by atoms with E-state index < -0.39 is 30.6 Å². The summed E-state index contributed by atoms with van der Waals surface area (Å²) in [5, 5.41) is 10.5. The number of hydrazone groups is 1. The monoisotopic (exact) mass is 506 g/mol. The second-order valence-electron chi connectivity index (χ2n) is 8.11. The van der Waals surface area contributed by atoms with Crippen LogP contribution < -0.4 is 10.7 Å². The fourth-order valence-electron chi connectivity index (χ4n) is 3.58. The summed E-state index contributed by atoms with van der Waals surface area (Å²) in [6.07, 6.45) is 0.0126. The smallest absolute Gasteiger partial charge is 0.411 e. The van der Waals surface area contributed by atoms with E-state index in [9.17, 15) is 22.4 Å². The minimum Gasteiger partial charge on any atom is -0.451 e. The average Bonchev–Trinajstić information content (AvgIpc) is 3.44. The minimum atomic E-state index is -4.41. The largest absolute Gasteiger partial charge is 0.451 e.